The van der Waals surface area contributed by atoms with Crippen LogP contribution in [0.15, 0.2) is 28.7 Å². The molecule has 0 aliphatic carbocycles. The van der Waals surface area contributed by atoms with Crippen molar-refractivity contribution >= 4 is 15.9 Å². The van der Waals surface area contributed by atoms with Gasteiger partial charge in [-0.2, -0.15) is 5.10 Å². The molecule has 4 nitrogen and oxygen atoms in total. The van der Waals surface area contributed by atoms with Crippen LogP contribution in [0.5, 0.6) is 0 Å². The third kappa shape index (κ3) is 2.24. The number of aromatic amines is 1. The number of benzene rings is 1. The summed E-state index contributed by atoms with van der Waals surface area (Å²) in [5, 5.41) is 6.95. The minimum Gasteiger partial charge on any atom is -0.377 e. The lowest BCUT2D eigenvalue weighted by Crippen LogP contribution is -1.89. The highest BCUT2D eigenvalue weighted by Gasteiger charge is 2.07. The Morgan fingerprint density at radius 1 is 1.40 bits per heavy atom. The molecule has 1 aromatic heterocycles. The topological polar surface area (TPSA) is 50.8 Å². The van der Waals surface area contributed by atoms with Crippen LogP contribution in [0.4, 0.5) is 0 Å². The van der Waals surface area contributed by atoms with Gasteiger partial charge in [-0.3, -0.25) is 5.10 Å². The molecule has 1 N–H and O–H groups in total. The van der Waals surface area contributed by atoms with Crippen molar-refractivity contribution in [2.75, 3.05) is 7.11 Å². The lowest BCUT2D eigenvalue weighted by atomic mass is 10.2. The van der Waals surface area contributed by atoms with E-state index in [2.05, 4.69) is 31.1 Å². The fourth-order valence-corrected chi connectivity index (χ4v) is 1.72. The van der Waals surface area contributed by atoms with Crippen molar-refractivity contribution in [2.24, 2.45) is 0 Å². The van der Waals surface area contributed by atoms with Gasteiger partial charge >= 0.3 is 0 Å². The molecule has 0 unspecified atom stereocenters. The van der Waals surface area contributed by atoms with E-state index in [4.69, 9.17) is 4.74 Å². The van der Waals surface area contributed by atoms with Crippen LogP contribution in [0.3, 0.4) is 0 Å². The molecule has 0 aliphatic rings. The molecule has 15 heavy (non-hydrogen) atoms. The SMILES string of the molecule is COCc1nc(-c2ccccc2Br)n[nH]1. The summed E-state index contributed by atoms with van der Waals surface area (Å²) in [5.74, 6) is 1.40. The first-order chi connectivity index (χ1) is 7.31. The maximum Gasteiger partial charge on any atom is 0.182 e. The molecule has 0 amide bonds. The van der Waals surface area contributed by atoms with Crippen molar-refractivity contribution in [1.29, 1.82) is 0 Å². The van der Waals surface area contributed by atoms with E-state index in [9.17, 15) is 0 Å². The van der Waals surface area contributed by atoms with Crippen molar-refractivity contribution in [2.45, 2.75) is 6.61 Å². The normalized spacial score (nSPS) is 10.5. The smallest absolute Gasteiger partial charge is 0.182 e. The van der Waals surface area contributed by atoms with Crippen molar-refractivity contribution in [3.8, 4) is 11.4 Å². The molecule has 2 rings (SSSR count). The van der Waals surface area contributed by atoms with E-state index >= 15 is 0 Å². The summed E-state index contributed by atoms with van der Waals surface area (Å²) in [7, 11) is 1.63. The first kappa shape index (κ1) is 10.3. The zero-order valence-electron chi connectivity index (χ0n) is 8.20. The molecular weight excluding hydrogens is 258 g/mol. The second kappa shape index (κ2) is 4.55. The van der Waals surface area contributed by atoms with Gasteiger partial charge in [0.05, 0.1) is 0 Å². The summed E-state index contributed by atoms with van der Waals surface area (Å²) < 4.78 is 5.94. The first-order valence-electron chi connectivity index (χ1n) is 4.46. The molecule has 1 heterocycles. The average molecular weight is 268 g/mol. The fraction of sp³-hybridized carbons (Fsp3) is 0.200. The van der Waals surface area contributed by atoms with E-state index in [0.717, 1.165) is 15.9 Å². The van der Waals surface area contributed by atoms with Crippen LogP contribution in [0.1, 0.15) is 5.82 Å². The Hall–Kier alpha value is -1.20. The molecule has 78 valence electrons. The molecule has 0 saturated carbocycles. The molecule has 0 aliphatic heterocycles. The minimum atomic E-state index is 0.442. The number of hydrogen-bond donors (Lipinski definition) is 1. The predicted molar refractivity (Wildman–Crippen MR) is 60.2 cm³/mol. The molecule has 0 radical (unpaired) electrons. The molecule has 1 aromatic carbocycles. The number of hydrogen-bond acceptors (Lipinski definition) is 3. The quantitative estimate of drug-likeness (QED) is 0.929. The van der Waals surface area contributed by atoms with Gasteiger partial charge in [-0.25, -0.2) is 4.98 Å². The van der Waals surface area contributed by atoms with Crippen LogP contribution < -0.4 is 0 Å². The molecule has 2 aromatic rings. The monoisotopic (exact) mass is 267 g/mol. The van der Waals surface area contributed by atoms with E-state index < -0.39 is 0 Å². The summed E-state index contributed by atoms with van der Waals surface area (Å²) in [6, 6.07) is 7.83. The van der Waals surface area contributed by atoms with E-state index in [1.54, 1.807) is 7.11 Å². The Bertz CT molecular complexity index is 455. The minimum absolute atomic E-state index is 0.442. The highest BCUT2D eigenvalue weighted by Crippen LogP contribution is 2.24. The lowest BCUT2D eigenvalue weighted by Gasteiger charge is -1.97. The van der Waals surface area contributed by atoms with Crippen molar-refractivity contribution < 1.29 is 4.74 Å². The van der Waals surface area contributed by atoms with Gasteiger partial charge in [0, 0.05) is 17.1 Å². The average Bonchev–Trinajstić information content (AvgIpc) is 2.68. The summed E-state index contributed by atoms with van der Waals surface area (Å²) in [6.45, 7) is 0.442. The number of methoxy groups -OCH3 is 1. The fourth-order valence-electron chi connectivity index (χ4n) is 1.26. The third-order valence-corrected chi connectivity index (χ3v) is 2.62. The highest BCUT2D eigenvalue weighted by molar-refractivity contribution is 9.10. The zero-order chi connectivity index (χ0) is 10.7. The first-order valence-corrected chi connectivity index (χ1v) is 5.25. The van der Waals surface area contributed by atoms with E-state index in [1.165, 1.54) is 0 Å². The van der Waals surface area contributed by atoms with Crippen molar-refractivity contribution in [3.63, 3.8) is 0 Å². The molecule has 0 spiro atoms. The second-order valence-corrected chi connectivity index (χ2v) is 3.87. The van der Waals surface area contributed by atoms with Crippen LogP contribution in [-0.4, -0.2) is 22.3 Å². The van der Waals surface area contributed by atoms with Gasteiger partial charge in [0.25, 0.3) is 0 Å². The molecule has 0 atom stereocenters. The third-order valence-electron chi connectivity index (χ3n) is 1.93. The van der Waals surface area contributed by atoms with Gasteiger partial charge in [0.15, 0.2) is 11.6 Å². The van der Waals surface area contributed by atoms with Crippen LogP contribution >= 0.6 is 15.9 Å². The van der Waals surface area contributed by atoms with Crippen molar-refractivity contribution in [1.82, 2.24) is 15.2 Å². The number of ether oxygens (including phenoxy) is 1. The maximum atomic E-state index is 4.96. The number of rotatable bonds is 3. The highest BCUT2D eigenvalue weighted by atomic mass is 79.9. The molecular formula is C10H10BrN3O. The van der Waals surface area contributed by atoms with Crippen LogP contribution in [0, 0.1) is 0 Å². The molecule has 0 saturated heterocycles. The van der Waals surface area contributed by atoms with E-state index in [1.807, 2.05) is 24.3 Å². The molecule has 0 bridgehead atoms. The van der Waals surface area contributed by atoms with E-state index in [-0.39, 0.29) is 0 Å². The summed E-state index contributed by atoms with van der Waals surface area (Å²) in [4.78, 5) is 4.31. The summed E-state index contributed by atoms with van der Waals surface area (Å²) in [5.41, 5.74) is 0.969. The van der Waals surface area contributed by atoms with Gasteiger partial charge in [0.2, 0.25) is 0 Å². The summed E-state index contributed by atoms with van der Waals surface area (Å²) >= 11 is 3.46. The molecule has 5 heteroatoms. The van der Waals surface area contributed by atoms with Crippen molar-refractivity contribution in [3.05, 3.63) is 34.6 Å². The second-order valence-electron chi connectivity index (χ2n) is 3.02. The molecule has 0 fully saturated rings. The number of nitrogens with one attached hydrogen (secondary N) is 1. The number of aromatic nitrogens is 3. The number of H-pyrrole nitrogens is 1. The van der Waals surface area contributed by atoms with E-state index in [0.29, 0.717) is 12.4 Å². The van der Waals surface area contributed by atoms with Gasteiger partial charge in [-0.1, -0.05) is 28.1 Å². The Kier molecular flexibility index (Phi) is 3.13. The Morgan fingerprint density at radius 2 is 2.20 bits per heavy atom. The lowest BCUT2D eigenvalue weighted by molar-refractivity contribution is 0.178. The Balaban J connectivity index is 2.33. The van der Waals surface area contributed by atoms with Gasteiger partial charge < -0.3 is 4.74 Å². The Morgan fingerprint density at radius 3 is 2.93 bits per heavy atom. The van der Waals surface area contributed by atoms with Gasteiger partial charge in [-0.05, 0) is 12.1 Å². The van der Waals surface area contributed by atoms with Crippen LogP contribution in [0.2, 0.25) is 0 Å². The summed E-state index contributed by atoms with van der Waals surface area (Å²) in [6.07, 6.45) is 0. The largest absolute Gasteiger partial charge is 0.377 e. The maximum absolute atomic E-state index is 4.96. The van der Waals surface area contributed by atoms with Crippen LogP contribution in [0.25, 0.3) is 11.4 Å². The Labute approximate surface area is 95.8 Å². The standard InChI is InChI=1S/C10H10BrN3O/c1-15-6-9-12-10(14-13-9)7-4-2-3-5-8(7)11/h2-5H,6H2,1H3,(H,12,13,14). The number of halogens is 1. The van der Waals surface area contributed by atoms with Crippen LogP contribution in [-0.2, 0) is 11.3 Å². The van der Waals surface area contributed by atoms with Gasteiger partial charge in [0.1, 0.15) is 6.61 Å². The van der Waals surface area contributed by atoms with Gasteiger partial charge in [-0.15, -0.1) is 0 Å². The number of nitrogens with zero attached hydrogens (tertiary/aromatic N) is 2. The zero-order valence-corrected chi connectivity index (χ0v) is 9.78. The predicted octanol–water partition coefficient (Wildman–Crippen LogP) is 2.38.